The Balaban J connectivity index is 1.47. The molecule has 0 saturated carbocycles. The number of likely N-dealkylation sites (tertiary alicyclic amines) is 1. The number of amides is 1. The summed E-state index contributed by atoms with van der Waals surface area (Å²) in [5.74, 6) is 0.278. The quantitative estimate of drug-likeness (QED) is 0.823. The Hall–Kier alpha value is -1.46. The van der Waals surface area contributed by atoms with Gasteiger partial charge in [-0.25, -0.2) is 0 Å². The van der Waals surface area contributed by atoms with Crippen molar-refractivity contribution in [2.24, 2.45) is 0 Å². The van der Waals surface area contributed by atoms with Gasteiger partial charge in [-0.3, -0.25) is 14.7 Å². The maximum atomic E-state index is 12.6. The summed E-state index contributed by atoms with van der Waals surface area (Å²) >= 11 is 0. The smallest absolute Gasteiger partial charge is 0.225 e. The van der Waals surface area contributed by atoms with Gasteiger partial charge in [0.1, 0.15) is 0 Å². The molecule has 0 unspecified atom stereocenters. The number of rotatable bonds is 5. The van der Waals surface area contributed by atoms with Gasteiger partial charge in [-0.05, 0) is 57.7 Å². The first-order valence-electron chi connectivity index (χ1n) is 9.72. The van der Waals surface area contributed by atoms with Crippen LogP contribution in [0.25, 0.3) is 0 Å². The third-order valence-corrected chi connectivity index (χ3v) is 5.49. The Labute approximate surface area is 151 Å². The molecule has 2 atom stereocenters. The molecule has 25 heavy (non-hydrogen) atoms. The lowest BCUT2D eigenvalue weighted by Gasteiger charge is -2.28. The molecule has 0 aromatic carbocycles. The van der Waals surface area contributed by atoms with E-state index < -0.39 is 0 Å². The fourth-order valence-corrected chi connectivity index (χ4v) is 3.94. The Bertz CT molecular complexity index is 531. The minimum atomic E-state index is 0.145. The second kappa shape index (κ2) is 9.30. The van der Waals surface area contributed by atoms with Crippen molar-refractivity contribution in [3.8, 4) is 0 Å². The van der Waals surface area contributed by atoms with Gasteiger partial charge in [-0.1, -0.05) is 6.07 Å². The molecule has 138 valence electrons. The molecule has 3 heterocycles. The average molecular weight is 345 g/mol. The van der Waals surface area contributed by atoms with E-state index in [9.17, 15) is 4.79 Å². The van der Waals surface area contributed by atoms with Gasteiger partial charge >= 0.3 is 0 Å². The maximum Gasteiger partial charge on any atom is 0.225 e. The summed E-state index contributed by atoms with van der Waals surface area (Å²) in [6.45, 7) is 3.44. The van der Waals surface area contributed by atoms with E-state index in [0.29, 0.717) is 12.5 Å². The molecule has 5 heteroatoms. The van der Waals surface area contributed by atoms with Gasteiger partial charge in [-0.2, -0.15) is 0 Å². The number of pyridine rings is 1. The van der Waals surface area contributed by atoms with Gasteiger partial charge in [0.2, 0.25) is 5.91 Å². The molecule has 0 radical (unpaired) electrons. The highest BCUT2D eigenvalue weighted by atomic mass is 16.5. The van der Waals surface area contributed by atoms with E-state index in [1.54, 1.807) is 0 Å². The number of carbonyl (C=O) groups excluding carboxylic acids is 1. The van der Waals surface area contributed by atoms with Crippen LogP contribution in [0.2, 0.25) is 0 Å². The lowest BCUT2D eigenvalue weighted by Crippen LogP contribution is -2.37. The summed E-state index contributed by atoms with van der Waals surface area (Å²) < 4.78 is 5.73. The number of ether oxygens (including phenoxy) is 1. The van der Waals surface area contributed by atoms with Gasteiger partial charge in [0.05, 0.1) is 18.2 Å². The SMILES string of the molecule is CN(Cc1ccccn1)[C@@H]1CCCN(C(=O)C[C@H]2CCCCO2)CC1. The molecule has 0 aliphatic carbocycles. The Morgan fingerprint density at radius 2 is 2.16 bits per heavy atom. The van der Waals surface area contributed by atoms with Crippen molar-refractivity contribution in [3.63, 3.8) is 0 Å². The molecule has 2 aliphatic heterocycles. The summed E-state index contributed by atoms with van der Waals surface area (Å²) in [6.07, 6.45) is 9.19. The molecular formula is C20H31N3O2. The van der Waals surface area contributed by atoms with Crippen molar-refractivity contribution in [2.45, 2.75) is 63.6 Å². The standard InChI is InChI=1S/C20H31N3O2/c1-22(16-17-7-2-4-11-21-17)18-8-6-12-23(13-10-18)20(24)15-19-9-3-5-14-25-19/h2,4,7,11,18-19H,3,5-6,8-10,12-16H2,1H3/t18-,19-/m1/s1. The van der Waals surface area contributed by atoms with Gasteiger partial charge in [-0.15, -0.1) is 0 Å². The lowest BCUT2D eigenvalue weighted by atomic mass is 10.1. The van der Waals surface area contributed by atoms with Crippen LogP contribution in [-0.2, 0) is 16.1 Å². The molecule has 1 amide bonds. The van der Waals surface area contributed by atoms with Crippen LogP contribution in [0.1, 0.15) is 50.6 Å². The van der Waals surface area contributed by atoms with Crippen molar-refractivity contribution in [3.05, 3.63) is 30.1 Å². The highest BCUT2D eigenvalue weighted by Gasteiger charge is 2.25. The van der Waals surface area contributed by atoms with Crippen LogP contribution in [0.4, 0.5) is 0 Å². The fourth-order valence-electron chi connectivity index (χ4n) is 3.94. The lowest BCUT2D eigenvalue weighted by molar-refractivity contribution is -0.135. The molecule has 3 rings (SSSR count). The third kappa shape index (κ3) is 5.51. The predicted molar refractivity (Wildman–Crippen MR) is 98.1 cm³/mol. The van der Waals surface area contributed by atoms with E-state index in [2.05, 4.69) is 27.9 Å². The third-order valence-electron chi connectivity index (χ3n) is 5.49. The van der Waals surface area contributed by atoms with E-state index in [4.69, 9.17) is 4.74 Å². The predicted octanol–water partition coefficient (Wildman–Crippen LogP) is 2.85. The van der Waals surface area contributed by atoms with Crippen LogP contribution >= 0.6 is 0 Å². The van der Waals surface area contributed by atoms with Crippen LogP contribution in [0.3, 0.4) is 0 Å². The van der Waals surface area contributed by atoms with Gasteiger partial charge in [0, 0.05) is 38.5 Å². The zero-order valence-electron chi connectivity index (χ0n) is 15.4. The second-order valence-corrected chi connectivity index (χ2v) is 7.39. The highest BCUT2D eigenvalue weighted by Crippen LogP contribution is 2.20. The first-order valence-corrected chi connectivity index (χ1v) is 9.72. The van der Waals surface area contributed by atoms with Gasteiger partial charge in [0.15, 0.2) is 0 Å². The molecule has 0 spiro atoms. The Kier molecular flexibility index (Phi) is 6.82. The van der Waals surface area contributed by atoms with Gasteiger partial charge < -0.3 is 9.64 Å². The molecule has 2 saturated heterocycles. The molecule has 1 aromatic rings. The van der Waals surface area contributed by atoms with Crippen LogP contribution in [0.15, 0.2) is 24.4 Å². The molecule has 0 bridgehead atoms. The van der Waals surface area contributed by atoms with Crippen molar-refractivity contribution in [1.29, 1.82) is 0 Å². The number of hydrogen-bond donors (Lipinski definition) is 0. The van der Waals surface area contributed by atoms with E-state index in [0.717, 1.165) is 64.0 Å². The molecule has 5 nitrogen and oxygen atoms in total. The largest absolute Gasteiger partial charge is 0.378 e. The molecule has 2 fully saturated rings. The molecular weight excluding hydrogens is 314 g/mol. The minimum Gasteiger partial charge on any atom is -0.378 e. The summed E-state index contributed by atoms with van der Waals surface area (Å²) in [4.78, 5) is 21.5. The number of carbonyl (C=O) groups is 1. The average Bonchev–Trinajstić information content (AvgIpc) is 2.90. The molecule has 1 aromatic heterocycles. The summed E-state index contributed by atoms with van der Waals surface area (Å²) in [6, 6.07) is 6.59. The topological polar surface area (TPSA) is 45.7 Å². The Morgan fingerprint density at radius 1 is 1.24 bits per heavy atom. The summed E-state index contributed by atoms with van der Waals surface area (Å²) in [7, 11) is 2.17. The normalized spacial score (nSPS) is 25.0. The van der Waals surface area contributed by atoms with E-state index in [1.165, 1.54) is 6.42 Å². The molecule has 2 aliphatic rings. The van der Waals surface area contributed by atoms with E-state index in [1.807, 2.05) is 18.3 Å². The number of hydrogen-bond acceptors (Lipinski definition) is 4. The van der Waals surface area contributed by atoms with Crippen molar-refractivity contribution in [1.82, 2.24) is 14.8 Å². The second-order valence-electron chi connectivity index (χ2n) is 7.39. The monoisotopic (exact) mass is 345 g/mol. The summed E-state index contributed by atoms with van der Waals surface area (Å²) in [5.41, 5.74) is 1.11. The van der Waals surface area contributed by atoms with Crippen LogP contribution < -0.4 is 0 Å². The van der Waals surface area contributed by atoms with Crippen molar-refractivity contribution in [2.75, 3.05) is 26.7 Å². The summed E-state index contributed by atoms with van der Waals surface area (Å²) in [5, 5.41) is 0. The first-order chi connectivity index (χ1) is 12.2. The Morgan fingerprint density at radius 3 is 2.92 bits per heavy atom. The zero-order chi connectivity index (χ0) is 17.5. The molecule has 0 N–H and O–H groups in total. The van der Waals surface area contributed by atoms with Crippen LogP contribution in [-0.4, -0.2) is 59.6 Å². The van der Waals surface area contributed by atoms with Gasteiger partial charge in [0.25, 0.3) is 0 Å². The van der Waals surface area contributed by atoms with E-state index >= 15 is 0 Å². The van der Waals surface area contributed by atoms with Crippen LogP contribution in [0.5, 0.6) is 0 Å². The van der Waals surface area contributed by atoms with Crippen molar-refractivity contribution < 1.29 is 9.53 Å². The first kappa shape index (κ1) is 18.3. The number of nitrogens with zero attached hydrogens (tertiary/aromatic N) is 3. The highest BCUT2D eigenvalue weighted by molar-refractivity contribution is 5.76. The number of aromatic nitrogens is 1. The minimum absolute atomic E-state index is 0.145. The van der Waals surface area contributed by atoms with Crippen molar-refractivity contribution >= 4 is 5.91 Å². The van der Waals surface area contributed by atoms with Crippen LogP contribution in [0, 0.1) is 0 Å². The maximum absolute atomic E-state index is 12.6. The fraction of sp³-hybridized carbons (Fsp3) is 0.700. The zero-order valence-corrected chi connectivity index (χ0v) is 15.4. The van der Waals surface area contributed by atoms with E-state index in [-0.39, 0.29) is 12.0 Å².